The van der Waals surface area contributed by atoms with Gasteiger partial charge in [0.15, 0.2) is 0 Å². The van der Waals surface area contributed by atoms with E-state index >= 15 is 0 Å². The van der Waals surface area contributed by atoms with Crippen LogP contribution in [0.25, 0.3) is 5.52 Å². The Morgan fingerprint density at radius 3 is 2.80 bits per heavy atom. The van der Waals surface area contributed by atoms with Crippen LogP contribution in [0, 0.1) is 0 Å². The van der Waals surface area contributed by atoms with E-state index in [1.54, 1.807) is 0 Å². The van der Waals surface area contributed by atoms with Crippen molar-refractivity contribution in [1.29, 1.82) is 0 Å². The van der Waals surface area contributed by atoms with Crippen molar-refractivity contribution in [1.82, 2.24) is 9.38 Å². The average molecular weight is 202 g/mol. The fourth-order valence-corrected chi connectivity index (χ4v) is 2.25. The molecule has 4 nitrogen and oxygen atoms in total. The van der Waals surface area contributed by atoms with Gasteiger partial charge < -0.3 is 10.6 Å². The molecule has 1 saturated heterocycles. The van der Waals surface area contributed by atoms with Gasteiger partial charge in [-0.15, -0.1) is 0 Å². The Balaban J connectivity index is 2.19. The van der Waals surface area contributed by atoms with E-state index in [4.69, 9.17) is 5.73 Å². The molecule has 0 amide bonds. The van der Waals surface area contributed by atoms with Crippen LogP contribution in [-0.2, 0) is 0 Å². The van der Waals surface area contributed by atoms with Crippen LogP contribution in [0.3, 0.4) is 0 Å². The van der Waals surface area contributed by atoms with E-state index in [-0.39, 0.29) is 0 Å². The second kappa shape index (κ2) is 3.15. The fourth-order valence-electron chi connectivity index (χ4n) is 2.25. The van der Waals surface area contributed by atoms with Gasteiger partial charge in [-0.1, -0.05) is 6.07 Å². The Labute approximate surface area is 88.3 Å². The van der Waals surface area contributed by atoms with E-state index < -0.39 is 0 Å². The first-order valence-corrected chi connectivity index (χ1v) is 5.33. The summed E-state index contributed by atoms with van der Waals surface area (Å²) in [5.41, 5.74) is 6.94. The van der Waals surface area contributed by atoms with E-state index in [9.17, 15) is 0 Å². The number of pyridine rings is 1. The predicted octanol–water partition coefficient (Wildman–Crippen LogP) is 1.52. The molecule has 1 fully saturated rings. The minimum absolute atomic E-state index is 0.576. The molecule has 0 saturated carbocycles. The lowest BCUT2D eigenvalue weighted by Gasteiger charge is -2.19. The van der Waals surface area contributed by atoms with Crippen LogP contribution in [0.5, 0.6) is 0 Å². The minimum atomic E-state index is 0.576. The highest BCUT2D eigenvalue weighted by atomic mass is 15.3. The van der Waals surface area contributed by atoms with Gasteiger partial charge in [0.1, 0.15) is 5.82 Å². The number of fused-ring (bicyclic) bond motifs is 1. The average Bonchev–Trinajstić information content (AvgIpc) is 2.88. The van der Waals surface area contributed by atoms with Crippen LogP contribution < -0.4 is 10.6 Å². The maximum absolute atomic E-state index is 5.87. The molecule has 1 aliphatic rings. The van der Waals surface area contributed by atoms with Crippen LogP contribution in [-0.4, -0.2) is 22.5 Å². The monoisotopic (exact) mass is 202 g/mol. The number of nitrogens with zero attached hydrogens (tertiary/aromatic N) is 3. The smallest absolute Gasteiger partial charge is 0.206 e. The molecule has 1 aliphatic heterocycles. The van der Waals surface area contributed by atoms with Crippen LogP contribution in [0.2, 0.25) is 0 Å². The molecule has 0 aliphatic carbocycles. The maximum Gasteiger partial charge on any atom is 0.206 e. The highest BCUT2D eigenvalue weighted by Crippen LogP contribution is 2.23. The Morgan fingerprint density at radius 2 is 2.00 bits per heavy atom. The Bertz CT molecular complexity index is 482. The standard InChI is InChI=1S/C11H14N4/c12-11-13-8-9-4-3-5-10(15(9)11)14-6-1-2-7-14/h3-5,8H,1-2,6-7H2,(H2,12,13). The second-order valence-corrected chi connectivity index (χ2v) is 3.95. The summed E-state index contributed by atoms with van der Waals surface area (Å²) in [7, 11) is 0. The largest absolute Gasteiger partial charge is 0.369 e. The molecule has 3 heterocycles. The van der Waals surface area contributed by atoms with E-state index in [1.807, 2.05) is 16.7 Å². The summed E-state index contributed by atoms with van der Waals surface area (Å²) in [5, 5.41) is 0. The first-order chi connectivity index (χ1) is 7.36. The molecule has 0 bridgehead atoms. The Hall–Kier alpha value is -1.71. The molecule has 0 spiro atoms. The van der Waals surface area contributed by atoms with Gasteiger partial charge in [-0.05, 0) is 25.0 Å². The van der Waals surface area contributed by atoms with Crippen molar-refractivity contribution >= 4 is 17.3 Å². The lowest BCUT2D eigenvalue weighted by Crippen LogP contribution is -2.20. The van der Waals surface area contributed by atoms with Gasteiger partial charge in [0.2, 0.25) is 5.95 Å². The number of anilines is 2. The van der Waals surface area contributed by atoms with Gasteiger partial charge >= 0.3 is 0 Å². The van der Waals surface area contributed by atoms with E-state index in [0.29, 0.717) is 5.95 Å². The van der Waals surface area contributed by atoms with Crippen LogP contribution in [0.4, 0.5) is 11.8 Å². The Kier molecular flexibility index (Phi) is 1.80. The summed E-state index contributed by atoms with van der Waals surface area (Å²) in [6.07, 6.45) is 4.35. The van der Waals surface area contributed by atoms with Crippen molar-refractivity contribution in [3.63, 3.8) is 0 Å². The molecule has 4 heteroatoms. The van der Waals surface area contributed by atoms with Gasteiger partial charge in [0.25, 0.3) is 0 Å². The number of hydrogen-bond donors (Lipinski definition) is 1. The molecule has 15 heavy (non-hydrogen) atoms. The first kappa shape index (κ1) is 8.59. The molecule has 0 radical (unpaired) electrons. The third kappa shape index (κ3) is 1.25. The number of nitrogen functional groups attached to an aromatic ring is 1. The van der Waals surface area contributed by atoms with E-state index in [0.717, 1.165) is 18.6 Å². The van der Waals surface area contributed by atoms with Crippen LogP contribution >= 0.6 is 0 Å². The number of nitrogens with two attached hydrogens (primary N) is 1. The van der Waals surface area contributed by atoms with Crippen molar-refractivity contribution in [2.24, 2.45) is 0 Å². The molecular formula is C11H14N4. The molecule has 2 aromatic rings. The number of rotatable bonds is 1. The van der Waals surface area contributed by atoms with Crippen LogP contribution in [0.1, 0.15) is 12.8 Å². The normalized spacial score (nSPS) is 16.4. The topological polar surface area (TPSA) is 46.6 Å². The summed E-state index contributed by atoms with van der Waals surface area (Å²) in [4.78, 5) is 6.51. The minimum Gasteiger partial charge on any atom is -0.369 e. The summed E-state index contributed by atoms with van der Waals surface area (Å²) in [5.74, 6) is 1.74. The van der Waals surface area contributed by atoms with Crippen molar-refractivity contribution in [3.05, 3.63) is 24.4 Å². The lowest BCUT2D eigenvalue weighted by atomic mass is 10.4. The lowest BCUT2D eigenvalue weighted by molar-refractivity contribution is 0.919. The first-order valence-electron chi connectivity index (χ1n) is 5.33. The van der Waals surface area contributed by atoms with Crippen LogP contribution in [0.15, 0.2) is 24.4 Å². The summed E-state index contributed by atoms with van der Waals surface area (Å²) in [6.45, 7) is 2.24. The van der Waals surface area contributed by atoms with Crippen molar-refractivity contribution in [2.75, 3.05) is 23.7 Å². The van der Waals surface area contributed by atoms with Gasteiger partial charge in [-0.2, -0.15) is 0 Å². The highest BCUT2D eigenvalue weighted by Gasteiger charge is 2.15. The predicted molar refractivity (Wildman–Crippen MR) is 61.1 cm³/mol. The SMILES string of the molecule is Nc1ncc2cccc(N3CCCC3)n12. The van der Waals surface area contributed by atoms with Crippen molar-refractivity contribution < 1.29 is 0 Å². The number of hydrogen-bond acceptors (Lipinski definition) is 3. The van der Waals surface area contributed by atoms with Gasteiger partial charge in [0.05, 0.1) is 11.7 Å². The molecular weight excluding hydrogens is 188 g/mol. The molecule has 2 N–H and O–H groups in total. The number of aromatic nitrogens is 2. The van der Waals surface area contributed by atoms with Crippen molar-refractivity contribution in [3.8, 4) is 0 Å². The molecule has 0 atom stereocenters. The zero-order valence-corrected chi connectivity index (χ0v) is 8.56. The van der Waals surface area contributed by atoms with Gasteiger partial charge in [-0.3, -0.25) is 4.40 Å². The third-order valence-electron chi connectivity index (χ3n) is 2.99. The third-order valence-corrected chi connectivity index (χ3v) is 2.99. The zero-order valence-electron chi connectivity index (χ0n) is 8.56. The van der Waals surface area contributed by atoms with Gasteiger partial charge in [0, 0.05) is 13.1 Å². The highest BCUT2D eigenvalue weighted by molar-refractivity contribution is 5.59. The maximum atomic E-state index is 5.87. The Morgan fingerprint density at radius 1 is 1.20 bits per heavy atom. The summed E-state index contributed by atoms with van der Waals surface area (Å²) in [6, 6.07) is 6.20. The number of imidazole rings is 1. The summed E-state index contributed by atoms with van der Waals surface area (Å²) < 4.78 is 2.02. The van der Waals surface area contributed by atoms with E-state index in [1.165, 1.54) is 18.7 Å². The molecule has 2 aromatic heterocycles. The molecule has 3 rings (SSSR count). The fraction of sp³-hybridized carbons (Fsp3) is 0.364. The zero-order chi connectivity index (χ0) is 10.3. The van der Waals surface area contributed by atoms with E-state index in [2.05, 4.69) is 22.0 Å². The second-order valence-electron chi connectivity index (χ2n) is 3.95. The quantitative estimate of drug-likeness (QED) is 0.762. The molecule has 0 aromatic carbocycles. The van der Waals surface area contributed by atoms with Crippen molar-refractivity contribution in [2.45, 2.75) is 12.8 Å². The molecule has 78 valence electrons. The van der Waals surface area contributed by atoms with Gasteiger partial charge in [-0.25, -0.2) is 4.98 Å². The molecule has 0 unspecified atom stereocenters. The summed E-state index contributed by atoms with van der Waals surface area (Å²) >= 11 is 0.